The van der Waals surface area contributed by atoms with Crippen LogP contribution in [0.1, 0.15) is 74.1 Å². The molecule has 0 saturated carbocycles. The number of allylic oxidation sites excluding steroid dienone is 1. The molecule has 0 aromatic heterocycles. The molecular formula is C26H37NS. The first-order chi connectivity index (χ1) is 13.3. The van der Waals surface area contributed by atoms with Gasteiger partial charge in [-0.05, 0) is 84.7 Å². The van der Waals surface area contributed by atoms with Gasteiger partial charge in [-0.15, -0.1) is 11.8 Å². The number of aryl methyl sites for hydroxylation is 2. The average Bonchev–Trinajstić information content (AvgIpc) is 2.65. The minimum absolute atomic E-state index is 0.516. The van der Waals surface area contributed by atoms with E-state index in [9.17, 15) is 0 Å². The van der Waals surface area contributed by atoms with E-state index in [2.05, 4.69) is 83.3 Å². The number of nitrogen functional groups attached to an aromatic ring is 1. The van der Waals surface area contributed by atoms with Crippen molar-refractivity contribution < 1.29 is 0 Å². The summed E-state index contributed by atoms with van der Waals surface area (Å²) in [5.41, 5.74) is 15.3. The van der Waals surface area contributed by atoms with E-state index in [1.54, 1.807) is 0 Å². The van der Waals surface area contributed by atoms with Crippen LogP contribution in [0.2, 0.25) is 0 Å². The molecule has 0 bridgehead atoms. The number of hydrogen-bond acceptors (Lipinski definition) is 2. The van der Waals surface area contributed by atoms with Crippen molar-refractivity contribution in [2.24, 2.45) is 5.92 Å². The van der Waals surface area contributed by atoms with Crippen LogP contribution in [0.4, 0.5) is 5.69 Å². The van der Waals surface area contributed by atoms with Gasteiger partial charge in [-0.25, -0.2) is 0 Å². The Kier molecular flexibility index (Phi) is 8.69. The fourth-order valence-electron chi connectivity index (χ4n) is 3.62. The SMILES string of the molecule is CCc1cc(N)c(C)cc1C/C(C)=C/SC(CC)c1ccc(CC(C)C)cc1. The number of hydrogen-bond donors (Lipinski definition) is 1. The first kappa shape index (κ1) is 22.6. The number of thioether (sulfide) groups is 1. The van der Waals surface area contributed by atoms with E-state index in [1.165, 1.54) is 33.4 Å². The maximum Gasteiger partial charge on any atom is 0.0346 e. The molecule has 28 heavy (non-hydrogen) atoms. The second-order valence-corrected chi connectivity index (χ2v) is 9.42. The standard InChI is InChI=1S/C26H37NS/c1-7-22-16-25(27)20(6)15-24(22)14-19(5)17-28-26(8-2)23-11-9-21(10-12-23)13-18(3)4/h9-12,15-18,26H,7-8,13-14,27H2,1-6H3/b19-17+. The third-order valence-corrected chi connectivity index (χ3v) is 6.71. The zero-order valence-corrected chi connectivity index (χ0v) is 19.3. The van der Waals surface area contributed by atoms with Crippen LogP contribution in [0.3, 0.4) is 0 Å². The third-order valence-electron chi connectivity index (χ3n) is 5.24. The lowest BCUT2D eigenvalue weighted by Crippen LogP contribution is -1.99. The molecule has 0 fully saturated rings. The summed E-state index contributed by atoms with van der Waals surface area (Å²) in [7, 11) is 0. The summed E-state index contributed by atoms with van der Waals surface area (Å²) < 4.78 is 0. The summed E-state index contributed by atoms with van der Waals surface area (Å²) in [6, 6.07) is 13.7. The van der Waals surface area contributed by atoms with E-state index in [0.717, 1.165) is 31.4 Å². The summed E-state index contributed by atoms with van der Waals surface area (Å²) in [5, 5.41) is 2.88. The molecule has 0 saturated heterocycles. The molecule has 1 unspecified atom stereocenters. The van der Waals surface area contributed by atoms with E-state index in [-0.39, 0.29) is 0 Å². The van der Waals surface area contributed by atoms with Crippen LogP contribution < -0.4 is 5.73 Å². The molecule has 0 heterocycles. The minimum Gasteiger partial charge on any atom is -0.399 e. The second-order valence-electron chi connectivity index (χ2n) is 8.34. The highest BCUT2D eigenvalue weighted by Gasteiger charge is 2.10. The maximum absolute atomic E-state index is 6.10. The zero-order valence-electron chi connectivity index (χ0n) is 18.5. The Balaban J connectivity index is 2.07. The van der Waals surface area contributed by atoms with E-state index in [4.69, 9.17) is 5.73 Å². The summed E-state index contributed by atoms with van der Waals surface area (Å²) >= 11 is 1.96. The fourth-order valence-corrected chi connectivity index (χ4v) is 4.60. The predicted molar refractivity (Wildman–Crippen MR) is 128 cm³/mol. The Morgan fingerprint density at radius 2 is 1.75 bits per heavy atom. The zero-order chi connectivity index (χ0) is 20.7. The average molecular weight is 396 g/mol. The molecule has 2 aromatic rings. The molecule has 1 atom stereocenters. The molecule has 2 rings (SSSR count). The Labute approximate surface area is 176 Å². The van der Waals surface area contributed by atoms with Crippen LogP contribution in [0, 0.1) is 12.8 Å². The molecule has 0 aliphatic carbocycles. The number of anilines is 1. The molecule has 2 aromatic carbocycles. The van der Waals surface area contributed by atoms with Crippen molar-refractivity contribution in [2.75, 3.05) is 5.73 Å². The summed E-state index contributed by atoms with van der Waals surface area (Å²) in [5.74, 6) is 0.706. The quantitative estimate of drug-likeness (QED) is 0.441. The van der Waals surface area contributed by atoms with Gasteiger partial charge in [0.25, 0.3) is 0 Å². The van der Waals surface area contributed by atoms with Crippen LogP contribution in [0.25, 0.3) is 0 Å². The highest BCUT2D eigenvalue weighted by atomic mass is 32.2. The largest absolute Gasteiger partial charge is 0.399 e. The van der Waals surface area contributed by atoms with Crippen LogP contribution in [-0.4, -0.2) is 0 Å². The van der Waals surface area contributed by atoms with Crippen molar-refractivity contribution in [1.82, 2.24) is 0 Å². The molecule has 1 nitrogen and oxygen atoms in total. The molecule has 2 heteroatoms. The van der Waals surface area contributed by atoms with Crippen molar-refractivity contribution in [3.05, 3.63) is 75.2 Å². The number of benzene rings is 2. The van der Waals surface area contributed by atoms with Crippen LogP contribution >= 0.6 is 11.8 Å². The minimum atomic E-state index is 0.516. The topological polar surface area (TPSA) is 26.0 Å². The van der Waals surface area contributed by atoms with Gasteiger partial charge in [0.2, 0.25) is 0 Å². The molecule has 2 N–H and O–H groups in total. The normalized spacial score (nSPS) is 13.2. The van der Waals surface area contributed by atoms with Gasteiger partial charge in [-0.3, -0.25) is 0 Å². The summed E-state index contributed by atoms with van der Waals surface area (Å²) in [6.45, 7) is 13.4. The first-order valence-electron chi connectivity index (χ1n) is 10.6. The van der Waals surface area contributed by atoms with Gasteiger partial charge < -0.3 is 5.73 Å². The molecule has 0 aliphatic heterocycles. The Morgan fingerprint density at radius 1 is 1.07 bits per heavy atom. The molecule has 0 spiro atoms. The van der Waals surface area contributed by atoms with Crippen LogP contribution in [0.5, 0.6) is 0 Å². The molecule has 152 valence electrons. The van der Waals surface area contributed by atoms with Crippen molar-refractivity contribution in [3.8, 4) is 0 Å². The Hall–Kier alpha value is -1.67. The summed E-state index contributed by atoms with van der Waals surface area (Å²) in [4.78, 5) is 0. The van der Waals surface area contributed by atoms with Gasteiger partial charge in [0.1, 0.15) is 0 Å². The lowest BCUT2D eigenvalue weighted by Gasteiger charge is -2.15. The maximum atomic E-state index is 6.10. The van der Waals surface area contributed by atoms with E-state index >= 15 is 0 Å². The van der Waals surface area contributed by atoms with E-state index in [0.29, 0.717) is 11.2 Å². The van der Waals surface area contributed by atoms with Gasteiger partial charge in [0.15, 0.2) is 0 Å². The number of rotatable bonds is 9. The molecule has 0 aliphatic rings. The van der Waals surface area contributed by atoms with E-state index in [1.807, 2.05) is 11.8 Å². The lowest BCUT2D eigenvalue weighted by atomic mass is 9.96. The molecule has 0 radical (unpaired) electrons. The van der Waals surface area contributed by atoms with Gasteiger partial charge in [0, 0.05) is 10.9 Å². The van der Waals surface area contributed by atoms with Gasteiger partial charge >= 0.3 is 0 Å². The number of nitrogens with two attached hydrogens (primary N) is 1. The monoisotopic (exact) mass is 395 g/mol. The van der Waals surface area contributed by atoms with Gasteiger partial charge in [-0.2, -0.15) is 0 Å². The van der Waals surface area contributed by atoms with Gasteiger partial charge in [0.05, 0.1) is 0 Å². The van der Waals surface area contributed by atoms with Crippen LogP contribution in [0.15, 0.2) is 47.4 Å². The lowest BCUT2D eigenvalue weighted by molar-refractivity contribution is 0.647. The predicted octanol–water partition coefficient (Wildman–Crippen LogP) is 7.67. The molecule has 0 amide bonds. The third kappa shape index (κ3) is 6.44. The molecular weight excluding hydrogens is 358 g/mol. The Bertz CT molecular complexity index is 787. The van der Waals surface area contributed by atoms with Crippen molar-refractivity contribution >= 4 is 17.4 Å². The smallest absolute Gasteiger partial charge is 0.0346 e. The summed E-state index contributed by atoms with van der Waals surface area (Å²) in [6.07, 6.45) is 4.32. The fraction of sp³-hybridized carbons (Fsp3) is 0.462. The Morgan fingerprint density at radius 3 is 2.32 bits per heavy atom. The second kappa shape index (κ2) is 10.8. The highest BCUT2D eigenvalue weighted by molar-refractivity contribution is 8.02. The highest BCUT2D eigenvalue weighted by Crippen LogP contribution is 2.34. The van der Waals surface area contributed by atoms with Crippen LogP contribution in [-0.2, 0) is 19.3 Å². The van der Waals surface area contributed by atoms with Crippen molar-refractivity contribution in [2.45, 2.75) is 72.5 Å². The first-order valence-corrected chi connectivity index (χ1v) is 11.6. The van der Waals surface area contributed by atoms with Crippen molar-refractivity contribution in [1.29, 1.82) is 0 Å². The van der Waals surface area contributed by atoms with Crippen molar-refractivity contribution in [3.63, 3.8) is 0 Å². The van der Waals surface area contributed by atoms with E-state index < -0.39 is 0 Å². The van der Waals surface area contributed by atoms with Gasteiger partial charge in [-0.1, -0.05) is 63.6 Å².